The Morgan fingerprint density at radius 1 is 0.900 bits per heavy atom. The second-order valence-corrected chi connectivity index (χ2v) is 15.3. The maximum atomic E-state index is 13.5. The summed E-state index contributed by atoms with van der Waals surface area (Å²) in [5, 5.41) is -0.240. The molecule has 15 heteroatoms. The van der Waals surface area contributed by atoms with Crippen LogP contribution in [-0.2, 0) is 30.7 Å². The van der Waals surface area contributed by atoms with Gasteiger partial charge in [0.15, 0.2) is 5.03 Å². The molecule has 0 radical (unpaired) electrons. The fraction of sp³-hybridized carbons (Fsp3) is 0.486. The maximum absolute atomic E-state index is 13.5. The molecule has 0 saturated carbocycles. The van der Waals surface area contributed by atoms with Crippen molar-refractivity contribution in [3.8, 4) is 0 Å². The molecule has 0 aliphatic heterocycles. The molecule has 0 bridgehead atoms. The fourth-order valence-corrected chi connectivity index (χ4v) is 5.90. The van der Waals surface area contributed by atoms with E-state index in [1.807, 2.05) is 6.92 Å². The number of pyridine rings is 2. The highest BCUT2D eigenvalue weighted by Crippen LogP contribution is 2.27. The number of benzene rings is 1. The number of aromatic nitrogens is 2. The Morgan fingerprint density at radius 2 is 1.56 bits per heavy atom. The minimum atomic E-state index is -4.39. The van der Waals surface area contributed by atoms with Crippen molar-refractivity contribution in [3.05, 3.63) is 78.1 Å². The van der Waals surface area contributed by atoms with E-state index in [1.165, 1.54) is 29.3 Å². The predicted octanol–water partition coefficient (Wildman–Crippen LogP) is 6.99. The molecule has 3 aromatic rings. The molecule has 0 fully saturated rings. The number of ether oxygens (including phenoxy) is 2. The zero-order valence-corrected chi connectivity index (χ0v) is 30.3. The lowest BCUT2D eigenvalue weighted by atomic mass is 10.0. The molecule has 2 aromatic heterocycles. The molecule has 0 spiro atoms. The monoisotopic (exact) mass is 721 g/mol. The molecule has 1 unspecified atom stereocenters. The lowest BCUT2D eigenvalue weighted by molar-refractivity contribution is -0.153. The molecule has 11 nitrogen and oxygen atoms in total. The molecule has 0 aliphatic rings. The third-order valence-electron chi connectivity index (χ3n) is 6.81. The molecule has 1 amide bonds. The molecular weight excluding hydrogens is 675 g/mol. The molecule has 1 aromatic carbocycles. The smallest absolute Gasteiger partial charge is 0.416 e. The van der Waals surface area contributed by atoms with Crippen molar-refractivity contribution < 1.29 is 40.7 Å². The lowest BCUT2D eigenvalue weighted by Gasteiger charge is -2.28. The summed E-state index contributed by atoms with van der Waals surface area (Å²) in [7, 11) is -4.21. The van der Waals surface area contributed by atoms with E-state index < -0.39 is 58.6 Å². The van der Waals surface area contributed by atoms with Gasteiger partial charge >= 0.3 is 18.2 Å². The largest absolute Gasteiger partial charge is 0.459 e. The van der Waals surface area contributed by atoms with E-state index in [2.05, 4.69) is 14.7 Å². The highest BCUT2D eigenvalue weighted by atomic mass is 32.2. The van der Waals surface area contributed by atoms with Crippen molar-refractivity contribution in [2.45, 2.75) is 96.2 Å². The van der Waals surface area contributed by atoms with Crippen molar-refractivity contribution in [1.29, 1.82) is 0 Å². The first-order valence-corrected chi connectivity index (χ1v) is 17.7. The second kappa shape index (κ2) is 16.6. The summed E-state index contributed by atoms with van der Waals surface area (Å²) >= 11 is 0. The van der Waals surface area contributed by atoms with E-state index in [9.17, 15) is 31.2 Å². The van der Waals surface area contributed by atoms with Crippen LogP contribution in [0.2, 0.25) is 0 Å². The van der Waals surface area contributed by atoms with Gasteiger partial charge in [0.2, 0.25) is 0 Å². The number of nitrogens with zero attached hydrogens (tertiary/aromatic N) is 4. The van der Waals surface area contributed by atoms with E-state index in [0.29, 0.717) is 17.7 Å². The molecule has 274 valence electrons. The molecule has 50 heavy (non-hydrogen) atoms. The van der Waals surface area contributed by atoms with Crippen LogP contribution in [0.3, 0.4) is 0 Å². The van der Waals surface area contributed by atoms with Crippen LogP contribution < -0.4 is 14.5 Å². The minimum Gasteiger partial charge on any atom is -0.459 e. The quantitative estimate of drug-likeness (QED) is 0.175. The van der Waals surface area contributed by atoms with Gasteiger partial charge in [-0.05, 0) is 96.3 Å². The Morgan fingerprint density at radius 3 is 2.12 bits per heavy atom. The highest BCUT2D eigenvalue weighted by molar-refractivity contribution is 7.89. The summed E-state index contributed by atoms with van der Waals surface area (Å²) in [5.41, 5.74) is -0.600. The number of sulfonamides is 1. The number of anilines is 2. The van der Waals surface area contributed by atoms with Gasteiger partial charge in [0.25, 0.3) is 10.0 Å². The zero-order valence-electron chi connectivity index (χ0n) is 29.5. The standard InChI is InChI=1S/C35H46F3N5O6S/c1-8-9-21-42(24-35(36,37)38)26-18-16-25(17-19-26)22-28(41-50(46,47)30-15-10-11-20-39-30)27-13-12-14-29(40-27)43(32(45)49-34(5,6)7)23-31(44)48-33(2,3)4/h10-20,28,41H,8-9,21-24H2,1-7H3. The van der Waals surface area contributed by atoms with Crippen LogP contribution >= 0.6 is 0 Å². The van der Waals surface area contributed by atoms with Gasteiger partial charge in [-0.1, -0.05) is 37.6 Å². The van der Waals surface area contributed by atoms with Crippen molar-refractivity contribution in [3.63, 3.8) is 0 Å². The number of hydrogen-bond donors (Lipinski definition) is 1. The third kappa shape index (κ3) is 13.2. The second-order valence-electron chi connectivity index (χ2n) is 13.7. The number of halogens is 3. The number of hydrogen-bond acceptors (Lipinski definition) is 9. The summed E-state index contributed by atoms with van der Waals surface area (Å²) in [5.74, 6) is -0.722. The number of unbranched alkanes of at least 4 members (excludes halogenated alkanes) is 1. The fourth-order valence-electron chi connectivity index (χ4n) is 4.75. The van der Waals surface area contributed by atoms with E-state index >= 15 is 0 Å². The number of alkyl halides is 3. The number of carbonyl (C=O) groups excluding carboxylic acids is 2. The number of carbonyl (C=O) groups is 2. The first kappa shape index (κ1) is 40.2. The Hall–Kier alpha value is -4.24. The molecule has 0 aliphatic carbocycles. The van der Waals surface area contributed by atoms with Crippen LogP contribution in [0.4, 0.5) is 29.5 Å². The number of amides is 1. The SMILES string of the molecule is CCCCN(CC(F)(F)F)c1ccc(CC(NS(=O)(=O)c2ccccn2)c2cccc(N(CC(=O)OC(C)(C)C)C(=O)OC(C)(C)C)n2)cc1. The molecule has 1 atom stereocenters. The molecule has 2 heterocycles. The van der Waals surface area contributed by atoms with E-state index in [0.717, 1.165) is 11.3 Å². The zero-order chi connectivity index (χ0) is 37.3. The highest BCUT2D eigenvalue weighted by Gasteiger charge is 2.32. The van der Waals surface area contributed by atoms with Gasteiger partial charge in [-0.15, -0.1) is 0 Å². The summed E-state index contributed by atoms with van der Waals surface area (Å²) in [6.45, 7) is 10.5. The van der Waals surface area contributed by atoms with Crippen molar-refractivity contribution >= 4 is 33.6 Å². The van der Waals surface area contributed by atoms with Crippen molar-refractivity contribution in [1.82, 2.24) is 14.7 Å². The molecular formula is C35H46F3N5O6S. The third-order valence-corrected chi connectivity index (χ3v) is 8.20. The van der Waals surface area contributed by atoms with Crippen LogP contribution in [0.1, 0.15) is 78.6 Å². The maximum Gasteiger partial charge on any atom is 0.416 e. The van der Waals surface area contributed by atoms with Crippen molar-refractivity contribution in [2.24, 2.45) is 0 Å². The van der Waals surface area contributed by atoms with Crippen LogP contribution in [-0.4, -0.2) is 67.5 Å². The first-order valence-electron chi connectivity index (χ1n) is 16.2. The normalized spacial score (nSPS) is 13.0. The van der Waals surface area contributed by atoms with Gasteiger partial charge in [0, 0.05) is 18.4 Å². The van der Waals surface area contributed by atoms with Gasteiger partial charge in [-0.3, -0.25) is 9.69 Å². The Kier molecular flexibility index (Phi) is 13.4. The van der Waals surface area contributed by atoms with Crippen LogP contribution in [0.25, 0.3) is 0 Å². The van der Waals surface area contributed by atoms with Gasteiger partial charge in [-0.2, -0.15) is 13.2 Å². The molecule has 1 N–H and O–H groups in total. The van der Waals surface area contributed by atoms with Crippen molar-refractivity contribution in [2.75, 3.05) is 29.4 Å². The van der Waals surface area contributed by atoms with Gasteiger partial charge < -0.3 is 14.4 Å². The number of nitrogens with one attached hydrogen (secondary N) is 1. The first-order chi connectivity index (χ1) is 23.2. The number of rotatable bonds is 14. The summed E-state index contributed by atoms with van der Waals surface area (Å²) in [6, 6.07) is 14.4. The molecule has 3 rings (SSSR count). The predicted molar refractivity (Wildman–Crippen MR) is 184 cm³/mol. The molecule has 0 saturated heterocycles. The van der Waals surface area contributed by atoms with Crippen LogP contribution in [0.5, 0.6) is 0 Å². The summed E-state index contributed by atoms with van der Waals surface area (Å²) in [4.78, 5) is 37.0. The Balaban J connectivity index is 2.04. The van der Waals surface area contributed by atoms with Crippen LogP contribution in [0, 0.1) is 0 Å². The van der Waals surface area contributed by atoms with Gasteiger partial charge in [-0.25, -0.2) is 27.9 Å². The van der Waals surface area contributed by atoms with E-state index in [4.69, 9.17) is 9.47 Å². The number of esters is 1. The average Bonchev–Trinajstić information content (AvgIpc) is 3.00. The Labute approximate surface area is 292 Å². The topological polar surface area (TPSA) is 131 Å². The minimum absolute atomic E-state index is 0.00120. The lowest BCUT2D eigenvalue weighted by Crippen LogP contribution is -2.42. The van der Waals surface area contributed by atoms with E-state index in [1.54, 1.807) is 84.0 Å². The van der Waals surface area contributed by atoms with Gasteiger partial charge in [0.1, 0.15) is 30.1 Å². The van der Waals surface area contributed by atoms with E-state index in [-0.39, 0.29) is 29.5 Å². The average molecular weight is 722 g/mol. The summed E-state index contributed by atoms with van der Waals surface area (Å²) < 4.78 is 80.6. The Bertz CT molecular complexity index is 1680. The summed E-state index contributed by atoms with van der Waals surface area (Å²) in [6.07, 6.45) is -2.61. The van der Waals surface area contributed by atoms with Crippen LogP contribution in [0.15, 0.2) is 71.9 Å². The van der Waals surface area contributed by atoms with Gasteiger partial charge in [0.05, 0.1) is 11.7 Å².